The van der Waals surface area contributed by atoms with Crippen molar-refractivity contribution < 1.29 is 0 Å². The normalized spacial score (nSPS) is 12.9. The average molecular weight is 440 g/mol. The molecule has 2 rings (SSSR count). The number of thiophene rings is 1. The van der Waals surface area contributed by atoms with Gasteiger partial charge in [0.25, 0.3) is 0 Å². The third-order valence-electron chi connectivity index (χ3n) is 2.74. The number of nitrogens with one attached hydrogen (secondary N) is 1. The van der Waals surface area contributed by atoms with Crippen molar-refractivity contribution in [3.8, 4) is 0 Å². The smallest absolute Gasteiger partial charge is 0.0768 e. The van der Waals surface area contributed by atoms with E-state index in [1.165, 1.54) is 14.1 Å². The molecule has 0 bridgehead atoms. The molecule has 0 aliphatic carbocycles. The van der Waals surface area contributed by atoms with Gasteiger partial charge in [0.1, 0.15) is 0 Å². The molecule has 1 N–H and O–H groups in total. The van der Waals surface area contributed by atoms with E-state index in [9.17, 15) is 0 Å². The minimum Gasteiger partial charge on any atom is -0.305 e. The van der Waals surface area contributed by atoms with Crippen LogP contribution in [0.15, 0.2) is 22.1 Å². The van der Waals surface area contributed by atoms with Crippen LogP contribution in [0.2, 0.25) is 0 Å². The maximum absolute atomic E-state index is 4.40. The molecule has 0 fully saturated rings. The van der Waals surface area contributed by atoms with E-state index in [0.29, 0.717) is 0 Å². The summed E-state index contributed by atoms with van der Waals surface area (Å²) in [6, 6.07) is 2.43. The number of aromatic nitrogens is 2. The number of rotatable bonds is 5. The van der Waals surface area contributed by atoms with Crippen LogP contribution >= 0.6 is 49.9 Å². The Morgan fingerprint density at radius 3 is 2.89 bits per heavy atom. The summed E-state index contributed by atoms with van der Waals surface area (Å²) in [6.45, 7) is 6.05. The van der Waals surface area contributed by atoms with Crippen LogP contribution in [0, 0.1) is 2.88 Å². The molecule has 1 unspecified atom stereocenters. The molecule has 98 valence electrons. The van der Waals surface area contributed by atoms with Crippen LogP contribution in [0.25, 0.3) is 0 Å². The predicted octanol–water partition coefficient (Wildman–Crippen LogP) is 4.03. The van der Waals surface area contributed by atoms with E-state index in [1.54, 1.807) is 11.3 Å². The number of halogens is 2. The summed E-state index contributed by atoms with van der Waals surface area (Å²) in [5.41, 5.74) is 2.51. The zero-order valence-corrected chi connectivity index (χ0v) is 14.8. The van der Waals surface area contributed by atoms with Crippen molar-refractivity contribution in [2.75, 3.05) is 6.54 Å². The standard InChI is InChI=1S/C12H15BrIN3S/c1-3-15-11(8-5-10(14)18-7-8)12-9(13)6-16-17(12)4-2/h5-7,11,15H,3-4H2,1-2H3. The van der Waals surface area contributed by atoms with Crippen molar-refractivity contribution >= 4 is 49.9 Å². The summed E-state index contributed by atoms with van der Waals surface area (Å²) in [5.74, 6) is 0. The summed E-state index contributed by atoms with van der Waals surface area (Å²) < 4.78 is 4.42. The second-order valence-corrected chi connectivity index (χ2v) is 7.53. The zero-order valence-electron chi connectivity index (χ0n) is 10.3. The lowest BCUT2D eigenvalue weighted by atomic mass is 10.1. The second kappa shape index (κ2) is 6.49. The molecule has 1 atom stereocenters. The molecule has 0 aliphatic heterocycles. The van der Waals surface area contributed by atoms with Gasteiger partial charge in [-0.1, -0.05) is 6.92 Å². The molecule has 0 amide bonds. The largest absolute Gasteiger partial charge is 0.305 e. The van der Waals surface area contributed by atoms with Crippen molar-refractivity contribution in [1.82, 2.24) is 15.1 Å². The molecule has 0 aliphatic rings. The maximum Gasteiger partial charge on any atom is 0.0768 e. The van der Waals surface area contributed by atoms with Crippen LogP contribution in [0.4, 0.5) is 0 Å². The predicted molar refractivity (Wildman–Crippen MR) is 88.2 cm³/mol. The Balaban J connectivity index is 2.43. The number of hydrogen-bond acceptors (Lipinski definition) is 3. The quantitative estimate of drug-likeness (QED) is 0.712. The molecule has 0 aromatic carbocycles. The summed E-state index contributed by atoms with van der Waals surface area (Å²) in [7, 11) is 0. The van der Waals surface area contributed by atoms with Gasteiger partial charge in [0.05, 0.1) is 25.3 Å². The third kappa shape index (κ3) is 2.97. The first-order valence-corrected chi connectivity index (χ1v) is 8.61. The fourth-order valence-corrected chi connectivity index (χ4v) is 3.89. The average Bonchev–Trinajstić information content (AvgIpc) is 2.93. The molecule has 6 heteroatoms. The van der Waals surface area contributed by atoms with Gasteiger partial charge in [-0.2, -0.15) is 5.10 Å². The van der Waals surface area contributed by atoms with Crippen LogP contribution in [-0.4, -0.2) is 16.3 Å². The molecular formula is C12H15BrIN3S. The number of nitrogens with zero attached hydrogens (tertiary/aromatic N) is 2. The molecule has 2 aromatic heterocycles. The van der Waals surface area contributed by atoms with Crippen LogP contribution in [0.1, 0.15) is 31.1 Å². The van der Waals surface area contributed by atoms with Gasteiger partial charge in [-0.05, 0) is 69.0 Å². The molecule has 2 aromatic rings. The molecule has 0 spiro atoms. The van der Waals surface area contributed by atoms with Crippen LogP contribution < -0.4 is 5.32 Å². The van der Waals surface area contributed by atoms with Gasteiger partial charge >= 0.3 is 0 Å². The maximum atomic E-state index is 4.40. The second-order valence-electron chi connectivity index (χ2n) is 3.87. The fraction of sp³-hybridized carbons (Fsp3) is 0.417. The Labute approximate surface area is 133 Å². The van der Waals surface area contributed by atoms with E-state index in [4.69, 9.17) is 0 Å². The van der Waals surface area contributed by atoms with E-state index in [-0.39, 0.29) is 6.04 Å². The molecule has 18 heavy (non-hydrogen) atoms. The van der Waals surface area contributed by atoms with Gasteiger partial charge in [-0.25, -0.2) is 0 Å². The first kappa shape index (κ1) is 14.5. The van der Waals surface area contributed by atoms with E-state index in [0.717, 1.165) is 17.6 Å². The van der Waals surface area contributed by atoms with Crippen LogP contribution in [0.3, 0.4) is 0 Å². The van der Waals surface area contributed by atoms with E-state index in [2.05, 4.69) is 74.2 Å². The first-order valence-electron chi connectivity index (χ1n) is 5.85. The lowest BCUT2D eigenvalue weighted by Crippen LogP contribution is -2.24. The third-order valence-corrected chi connectivity index (χ3v) is 5.15. The van der Waals surface area contributed by atoms with Gasteiger partial charge in [-0.3, -0.25) is 4.68 Å². The van der Waals surface area contributed by atoms with Gasteiger partial charge < -0.3 is 5.32 Å². The van der Waals surface area contributed by atoms with Crippen molar-refractivity contribution in [1.29, 1.82) is 0 Å². The zero-order chi connectivity index (χ0) is 13.1. The highest BCUT2D eigenvalue weighted by atomic mass is 127. The molecule has 0 saturated heterocycles. The lowest BCUT2D eigenvalue weighted by Gasteiger charge is -2.19. The van der Waals surface area contributed by atoms with E-state index >= 15 is 0 Å². The summed E-state index contributed by atoms with van der Waals surface area (Å²) in [4.78, 5) is 0. The van der Waals surface area contributed by atoms with Crippen molar-refractivity contribution in [3.63, 3.8) is 0 Å². The van der Waals surface area contributed by atoms with Crippen LogP contribution in [0.5, 0.6) is 0 Å². The van der Waals surface area contributed by atoms with Gasteiger partial charge in [-0.15, -0.1) is 11.3 Å². The van der Waals surface area contributed by atoms with Crippen molar-refractivity contribution in [2.24, 2.45) is 0 Å². The van der Waals surface area contributed by atoms with E-state index < -0.39 is 0 Å². The Morgan fingerprint density at radius 1 is 1.56 bits per heavy atom. The first-order chi connectivity index (χ1) is 8.67. The highest BCUT2D eigenvalue weighted by Gasteiger charge is 2.21. The highest BCUT2D eigenvalue weighted by molar-refractivity contribution is 14.1. The Bertz CT molecular complexity index is 523. The Hall–Kier alpha value is 0.0800. The van der Waals surface area contributed by atoms with Crippen molar-refractivity contribution in [3.05, 3.63) is 36.3 Å². The highest BCUT2D eigenvalue weighted by Crippen LogP contribution is 2.31. The fourth-order valence-electron chi connectivity index (χ4n) is 1.96. The molecular weight excluding hydrogens is 425 g/mol. The van der Waals surface area contributed by atoms with Crippen LogP contribution in [-0.2, 0) is 6.54 Å². The Kier molecular flexibility index (Phi) is 5.23. The van der Waals surface area contributed by atoms with E-state index in [1.807, 2.05) is 10.9 Å². The lowest BCUT2D eigenvalue weighted by molar-refractivity contribution is 0.541. The molecule has 3 nitrogen and oxygen atoms in total. The monoisotopic (exact) mass is 439 g/mol. The number of aryl methyl sites for hydroxylation is 1. The van der Waals surface area contributed by atoms with Gasteiger partial charge in [0.15, 0.2) is 0 Å². The van der Waals surface area contributed by atoms with Gasteiger partial charge in [0, 0.05) is 6.54 Å². The topological polar surface area (TPSA) is 29.9 Å². The molecule has 0 radical (unpaired) electrons. The molecule has 2 heterocycles. The summed E-state index contributed by atoms with van der Waals surface area (Å²) >= 11 is 7.75. The van der Waals surface area contributed by atoms with Crippen molar-refractivity contribution in [2.45, 2.75) is 26.4 Å². The molecule has 0 saturated carbocycles. The Morgan fingerprint density at radius 2 is 2.33 bits per heavy atom. The SMILES string of the molecule is CCNC(c1csc(I)c1)c1c(Br)cnn1CC. The summed E-state index contributed by atoms with van der Waals surface area (Å²) in [6.07, 6.45) is 1.88. The minimum absolute atomic E-state index is 0.201. The minimum atomic E-state index is 0.201. The number of hydrogen-bond donors (Lipinski definition) is 1. The summed E-state index contributed by atoms with van der Waals surface area (Å²) in [5, 5.41) is 10.2. The van der Waals surface area contributed by atoms with Gasteiger partial charge in [0.2, 0.25) is 0 Å².